The first-order chi connectivity index (χ1) is 8.74. The van der Waals surface area contributed by atoms with Crippen LogP contribution in [0.15, 0.2) is 24.3 Å². The number of ether oxygens (including phenoxy) is 1. The SMILES string of the molecule is CC(CC1COCCN1)NCc1ccc(Cl)cc1. The van der Waals surface area contributed by atoms with Crippen molar-refractivity contribution < 1.29 is 4.74 Å². The smallest absolute Gasteiger partial charge is 0.0620 e. The van der Waals surface area contributed by atoms with Gasteiger partial charge in [0.1, 0.15) is 0 Å². The molecule has 0 spiro atoms. The number of hydrogen-bond acceptors (Lipinski definition) is 3. The van der Waals surface area contributed by atoms with Gasteiger partial charge in [0.2, 0.25) is 0 Å². The second kappa shape index (κ2) is 7.10. The molecule has 1 saturated heterocycles. The van der Waals surface area contributed by atoms with Crippen LogP contribution in [0.25, 0.3) is 0 Å². The van der Waals surface area contributed by atoms with Crippen molar-refractivity contribution in [2.75, 3.05) is 19.8 Å². The van der Waals surface area contributed by atoms with Crippen LogP contribution in [-0.2, 0) is 11.3 Å². The molecule has 3 nitrogen and oxygen atoms in total. The summed E-state index contributed by atoms with van der Waals surface area (Å²) in [6.45, 7) is 5.72. The molecule has 1 aliphatic heterocycles. The zero-order valence-electron chi connectivity index (χ0n) is 10.8. The van der Waals surface area contributed by atoms with E-state index in [0.717, 1.165) is 37.7 Å². The van der Waals surface area contributed by atoms with Crippen molar-refractivity contribution in [1.29, 1.82) is 0 Å². The highest BCUT2D eigenvalue weighted by Gasteiger charge is 2.15. The van der Waals surface area contributed by atoms with E-state index < -0.39 is 0 Å². The Kier molecular flexibility index (Phi) is 5.45. The molecule has 2 rings (SSSR count). The minimum absolute atomic E-state index is 0.472. The minimum atomic E-state index is 0.472. The second-order valence-corrected chi connectivity index (χ2v) is 5.31. The standard InChI is InChI=1S/C14H21ClN2O/c1-11(8-14-10-18-7-6-16-14)17-9-12-2-4-13(15)5-3-12/h2-5,11,14,16-17H,6-10H2,1H3. The van der Waals surface area contributed by atoms with E-state index in [1.807, 2.05) is 12.1 Å². The molecule has 100 valence electrons. The lowest BCUT2D eigenvalue weighted by molar-refractivity contribution is 0.0712. The van der Waals surface area contributed by atoms with Gasteiger partial charge >= 0.3 is 0 Å². The largest absolute Gasteiger partial charge is 0.379 e. The summed E-state index contributed by atoms with van der Waals surface area (Å²) in [5, 5.41) is 7.79. The normalized spacial score (nSPS) is 21.8. The molecule has 0 aromatic heterocycles. The Morgan fingerprint density at radius 2 is 2.22 bits per heavy atom. The van der Waals surface area contributed by atoms with Crippen LogP contribution in [0.1, 0.15) is 18.9 Å². The van der Waals surface area contributed by atoms with E-state index in [2.05, 4.69) is 29.7 Å². The van der Waals surface area contributed by atoms with Gasteiger partial charge in [0.15, 0.2) is 0 Å². The van der Waals surface area contributed by atoms with Crippen molar-refractivity contribution in [2.24, 2.45) is 0 Å². The molecule has 1 fully saturated rings. The molecule has 18 heavy (non-hydrogen) atoms. The summed E-state index contributed by atoms with van der Waals surface area (Å²) < 4.78 is 5.45. The predicted molar refractivity (Wildman–Crippen MR) is 75.0 cm³/mol. The summed E-state index contributed by atoms with van der Waals surface area (Å²) in [6, 6.07) is 8.93. The maximum absolute atomic E-state index is 5.86. The fourth-order valence-corrected chi connectivity index (χ4v) is 2.30. The van der Waals surface area contributed by atoms with Gasteiger partial charge in [-0.1, -0.05) is 23.7 Å². The van der Waals surface area contributed by atoms with Crippen LogP contribution >= 0.6 is 11.6 Å². The average molecular weight is 269 g/mol. The second-order valence-electron chi connectivity index (χ2n) is 4.87. The molecule has 1 heterocycles. The molecule has 0 aliphatic carbocycles. The van der Waals surface area contributed by atoms with Gasteiger partial charge in [-0.2, -0.15) is 0 Å². The van der Waals surface area contributed by atoms with Crippen molar-refractivity contribution in [2.45, 2.75) is 32.0 Å². The van der Waals surface area contributed by atoms with Gasteiger partial charge < -0.3 is 15.4 Å². The zero-order chi connectivity index (χ0) is 12.8. The quantitative estimate of drug-likeness (QED) is 0.859. The molecule has 1 aromatic carbocycles. The van der Waals surface area contributed by atoms with Gasteiger partial charge in [-0.15, -0.1) is 0 Å². The van der Waals surface area contributed by atoms with Gasteiger partial charge in [0.25, 0.3) is 0 Å². The summed E-state index contributed by atoms with van der Waals surface area (Å²) in [6.07, 6.45) is 1.09. The van der Waals surface area contributed by atoms with E-state index >= 15 is 0 Å². The van der Waals surface area contributed by atoms with E-state index in [4.69, 9.17) is 16.3 Å². The molecule has 2 unspecified atom stereocenters. The first-order valence-corrected chi connectivity index (χ1v) is 6.91. The van der Waals surface area contributed by atoms with Crippen molar-refractivity contribution >= 4 is 11.6 Å². The average Bonchev–Trinajstić information content (AvgIpc) is 2.39. The summed E-state index contributed by atoms with van der Waals surface area (Å²) >= 11 is 5.86. The highest BCUT2D eigenvalue weighted by Crippen LogP contribution is 2.10. The van der Waals surface area contributed by atoms with Crippen LogP contribution < -0.4 is 10.6 Å². The number of halogens is 1. The Balaban J connectivity index is 1.70. The highest BCUT2D eigenvalue weighted by molar-refractivity contribution is 6.30. The molecule has 2 atom stereocenters. The molecule has 0 bridgehead atoms. The fraction of sp³-hybridized carbons (Fsp3) is 0.571. The van der Waals surface area contributed by atoms with Crippen LogP contribution in [0, 0.1) is 0 Å². The zero-order valence-corrected chi connectivity index (χ0v) is 11.5. The Bertz CT molecular complexity index is 349. The lowest BCUT2D eigenvalue weighted by Crippen LogP contribution is -2.44. The molecule has 4 heteroatoms. The van der Waals surface area contributed by atoms with Crippen molar-refractivity contribution in [1.82, 2.24) is 10.6 Å². The van der Waals surface area contributed by atoms with Gasteiger partial charge in [-0.05, 0) is 31.0 Å². The van der Waals surface area contributed by atoms with Crippen molar-refractivity contribution in [3.63, 3.8) is 0 Å². The molecular formula is C14H21ClN2O. The van der Waals surface area contributed by atoms with Crippen molar-refractivity contribution in [3.05, 3.63) is 34.9 Å². The number of morpholine rings is 1. The third kappa shape index (κ3) is 4.58. The number of rotatable bonds is 5. The summed E-state index contributed by atoms with van der Waals surface area (Å²) in [5.41, 5.74) is 1.26. The molecule has 0 saturated carbocycles. The van der Waals surface area contributed by atoms with Crippen molar-refractivity contribution in [3.8, 4) is 0 Å². The van der Waals surface area contributed by atoms with E-state index in [1.165, 1.54) is 5.56 Å². The maximum Gasteiger partial charge on any atom is 0.0620 e. The van der Waals surface area contributed by atoms with Crippen LogP contribution in [0.2, 0.25) is 5.02 Å². The number of hydrogen-bond donors (Lipinski definition) is 2. The molecule has 2 N–H and O–H groups in total. The Hall–Kier alpha value is -0.610. The summed E-state index contributed by atoms with van der Waals surface area (Å²) in [4.78, 5) is 0. The van der Waals surface area contributed by atoms with Gasteiger partial charge in [0, 0.05) is 30.2 Å². The molecular weight excluding hydrogens is 248 g/mol. The Morgan fingerprint density at radius 3 is 2.89 bits per heavy atom. The van der Waals surface area contributed by atoms with Gasteiger partial charge in [0.05, 0.1) is 13.2 Å². The van der Waals surface area contributed by atoms with Crippen LogP contribution in [-0.4, -0.2) is 31.8 Å². The van der Waals surface area contributed by atoms with Crippen LogP contribution in [0.5, 0.6) is 0 Å². The van der Waals surface area contributed by atoms with Gasteiger partial charge in [-0.3, -0.25) is 0 Å². The Labute approximate surface area is 114 Å². The third-order valence-corrected chi connectivity index (χ3v) is 3.46. The van der Waals surface area contributed by atoms with Crippen LogP contribution in [0.3, 0.4) is 0 Å². The summed E-state index contributed by atoms with van der Waals surface area (Å²) in [5.74, 6) is 0. The van der Waals surface area contributed by atoms with Crippen LogP contribution in [0.4, 0.5) is 0 Å². The lowest BCUT2D eigenvalue weighted by atomic mass is 10.1. The number of benzene rings is 1. The first kappa shape index (κ1) is 13.8. The molecule has 0 radical (unpaired) electrons. The maximum atomic E-state index is 5.86. The number of nitrogens with one attached hydrogen (secondary N) is 2. The summed E-state index contributed by atoms with van der Waals surface area (Å²) in [7, 11) is 0. The van der Waals surface area contributed by atoms with E-state index in [-0.39, 0.29) is 0 Å². The van der Waals surface area contributed by atoms with Gasteiger partial charge in [-0.25, -0.2) is 0 Å². The lowest BCUT2D eigenvalue weighted by Gasteiger charge is -2.26. The molecule has 1 aliphatic rings. The molecule has 1 aromatic rings. The van der Waals surface area contributed by atoms with E-state index in [1.54, 1.807) is 0 Å². The fourth-order valence-electron chi connectivity index (χ4n) is 2.18. The predicted octanol–water partition coefficient (Wildman–Crippen LogP) is 2.20. The van der Waals surface area contributed by atoms with E-state index in [9.17, 15) is 0 Å². The Morgan fingerprint density at radius 1 is 1.44 bits per heavy atom. The van der Waals surface area contributed by atoms with E-state index in [0.29, 0.717) is 12.1 Å². The first-order valence-electron chi connectivity index (χ1n) is 6.53. The minimum Gasteiger partial charge on any atom is -0.379 e. The topological polar surface area (TPSA) is 33.3 Å². The monoisotopic (exact) mass is 268 g/mol. The third-order valence-electron chi connectivity index (χ3n) is 3.20. The molecule has 0 amide bonds. The highest BCUT2D eigenvalue weighted by atomic mass is 35.5.